The molecule has 0 spiro atoms. The molecule has 1 N–H and O–H groups in total. The van der Waals surface area contributed by atoms with Gasteiger partial charge in [-0.2, -0.15) is 5.10 Å². The lowest BCUT2D eigenvalue weighted by molar-refractivity contribution is 0.415. The lowest BCUT2D eigenvalue weighted by Crippen LogP contribution is -1.84. The van der Waals surface area contributed by atoms with Crippen LogP contribution in [0.5, 0.6) is 5.75 Å². The highest BCUT2D eigenvalue weighted by Crippen LogP contribution is 2.22. The Labute approximate surface area is 80.5 Å². The van der Waals surface area contributed by atoms with Gasteiger partial charge in [0.2, 0.25) is 0 Å². The predicted octanol–water partition coefficient (Wildman–Crippen LogP) is 2.22. The second kappa shape index (κ2) is 3.49. The van der Waals surface area contributed by atoms with E-state index < -0.39 is 0 Å². The zero-order valence-electron chi connectivity index (χ0n) is 7.62. The van der Waals surface area contributed by atoms with Gasteiger partial charge < -0.3 is 4.74 Å². The van der Waals surface area contributed by atoms with Crippen molar-refractivity contribution in [3.63, 3.8) is 0 Å². The predicted molar refractivity (Wildman–Crippen MR) is 50.5 cm³/mol. The van der Waals surface area contributed by atoms with Crippen LogP contribution in [0.3, 0.4) is 0 Å². The van der Waals surface area contributed by atoms with Crippen LogP contribution in [0, 0.1) is 5.82 Å². The Morgan fingerprint density at radius 3 is 2.50 bits per heavy atom. The number of aromatic nitrogens is 2. The number of nitrogens with one attached hydrogen (secondary N) is 1. The Morgan fingerprint density at radius 1 is 1.29 bits per heavy atom. The van der Waals surface area contributed by atoms with E-state index in [2.05, 4.69) is 10.2 Å². The van der Waals surface area contributed by atoms with Crippen LogP contribution in [0.15, 0.2) is 30.5 Å². The van der Waals surface area contributed by atoms with Crippen LogP contribution in [-0.4, -0.2) is 17.3 Å². The molecule has 72 valence electrons. The average Bonchev–Trinajstić information content (AvgIpc) is 2.65. The lowest BCUT2D eigenvalue weighted by Gasteiger charge is -2.00. The molecule has 0 aliphatic heterocycles. The number of hydrogen-bond acceptors (Lipinski definition) is 2. The zero-order chi connectivity index (χ0) is 9.97. The monoisotopic (exact) mass is 192 g/mol. The smallest absolute Gasteiger partial charge is 0.168 e. The minimum absolute atomic E-state index is 0.352. The maximum Gasteiger partial charge on any atom is 0.168 e. The summed E-state index contributed by atoms with van der Waals surface area (Å²) in [7, 11) is 1.59. The van der Waals surface area contributed by atoms with Crippen molar-refractivity contribution in [2.75, 3.05) is 7.11 Å². The molecule has 0 aliphatic carbocycles. The fourth-order valence-electron chi connectivity index (χ4n) is 1.23. The number of methoxy groups -OCH3 is 1. The SMILES string of the molecule is COc1ccc(-c2[nH]ncc2F)cc1. The summed E-state index contributed by atoms with van der Waals surface area (Å²) >= 11 is 0. The number of rotatable bonds is 2. The van der Waals surface area contributed by atoms with Crippen LogP contribution in [0.2, 0.25) is 0 Å². The van der Waals surface area contributed by atoms with Gasteiger partial charge in [0.25, 0.3) is 0 Å². The lowest BCUT2D eigenvalue weighted by atomic mass is 10.1. The second-order valence-electron chi connectivity index (χ2n) is 2.82. The van der Waals surface area contributed by atoms with Gasteiger partial charge in [0.15, 0.2) is 5.82 Å². The van der Waals surface area contributed by atoms with Crippen molar-refractivity contribution in [2.45, 2.75) is 0 Å². The molecule has 2 rings (SSSR count). The number of hydrogen-bond donors (Lipinski definition) is 1. The molecule has 4 heteroatoms. The normalized spacial score (nSPS) is 10.1. The Kier molecular flexibility index (Phi) is 2.18. The standard InChI is InChI=1S/C10H9FN2O/c1-14-8-4-2-7(3-5-8)10-9(11)6-12-13-10/h2-6H,1H3,(H,12,13). The molecule has 0 aliphatic rings. The minimum Gasteiger partial charge on any atom is -0.497 e. The van der Waals surface area contributed by atoms with Crippen LogP contribution < -0.4 is 4.74 Å². The quantitative estimate of drug-likeness (QED) is 0.792. The number of halogens is 1. The first-order valence-corrected chi connectivity index (χ1v) is 4.14. The summed E-state index contributed by atoms with van der Waals surface area (Å²) in [5.41, 5.74) is 1.15. The summed E-state index contributed by atoms with van der Waals surface area (Å²) in [5, 5.41) is 6.20. The molecule has 0 radical (unpaired) electrons. The number of benzene rings is 1. The topological polar surface area (TPSA) is 37.9 Å². The summed E-state index contributed by atoms with van der Waals surface area (Å²) in [6.07, 6.45) is 1.15. The zero-order valence-corrected chi connectivity index (χ0v) is 7.62. The van der Waals surface area contributed by atoms with Gasteiger partial charge in [0, 0.05) is 5.56 Å². The van der Waals surface area contributed by atoms with Gasteiger partial charge in [0.1, 0.15) is 11.4 Å². The van der Waals surface area contributed by atoms with E-state index in [9.17, 15) is 4.39 Å². The van der Waals surface area contributed by atoms with E-state index in [1.165, 1.54) is 0 Å². The van der Waals surface area contributed by atoms with Crippen molar-refractivity contribution in [2.24, 2.45) is 0 Å². The van der Waals surface area contributed by atoms with Crippen LogP contribution in [0.1, 0.15) is 0 Å². The van der Waals surface area contributed by atoms with E-state index in [-0.39, 0.29) is 5.82 Å². The van der Waals surface area contributed by atoms with Gasteiger partial charge in [-0.05, 0) is 24.3 Å². The number of nitrogens with zero attached hydrogens (tertiary/aromatic N) is 1. The van der Waals surface area contributed by atoms with Crippen molar-refractivity contribution in [1.29, 1.82) is 0 Å². The Bertz CT molecular complexity index is 422. The molecule has 2 aromatic rings. The highest BCUT2D eigenvalue weighted by Gasteiger charge is 2.06. The first-order valence-electron chi connectivity index (χ1n) is 4.14. The number of H-pyrrole nitrogens is 1. The fraction of sp³-hybridized carbons (Fsp3) is 0.100. The molecule has 0 unspecified atom stereocenters. The van der Waals surface area contributed by atoms with Crippen LogP contribution >= 0.6 is 0 Å². The van der Waals surface area contributed by atoms with Crippen molar-refractivity contribution in [3.05, 3.63) is 36.3 Å². The molecule has 0 amide bonds. The first kappa shape index (κ1) is 8.74. The molecule has 1 heterocycles. The highest BCUT2D eigenvalue weighted by molar-refractivity contribution is 5.60. The van der Waals surface area contributed by atoms with E-state index in [0.29, 0.717) is 5.69 Å². The molecule has 1 aromatic heterocycles. The third-order valence-corrected chi connectivity index (χ3v) is 1.97. The minimum atomic E-state index is -0.352. The third-order valence-electron chi connectivity index (χ3n) is 1.97. The van der Waals surface area contributed by atoms with Gasteiger partial charge >= 0.3 is 0 Å². The van der Waals surface area contributed by atoms with E-state index in [0.717, 1.165) is 17.5 Å². The summed E-state index contributed by atoms with van der Waals surface area (Å²) in [6.45, 7) is 0. The van der Waals surface area contributed by atoms with Crippen LogP contribution in [-0.2, 0) is 0 Å². The highest BCUT2D eigenvalue weighted by atomic mass is 19.1. The van der Waals surface area contributed by atoms with Crippen molar-refractivity contribution in [3.8, 4) is 17.0 Å². The van der Waals surface area contributed by atoms with Crippen molar-refractivity contribution in [1.82, 2.24) is 10.2 Å². The maximum atomic E-state index is 13.1. The van der Waals surface area contributed by atoms with Gasteiger partial charge in [-0.1, -0.05) is 0 Å². The molecule has 0 fully saturated rings. The summed E-state index contributed by atoms with van der Waals surface area (Å²) in [6, 6.07) is 7.09. The van der Waals surface area contributed by atoms with Crippen LogP contribution in [0.4, 0.5) is 4.39 Å². The number of ether oxygens (including phenoxy) is 1. The van der Waals surface area contributed by atoms with E-state index >= 15 is 0 Å². The van der Waals surface area contributed by atoms with E-state index in [1.54, 1.807) is 31.4 Å². The van der Waals surface area contributed by atoms with E-state index in [1.807, 2.05) is 0 Å². The molecule has 0 saturated carbocycles. The molecular formula is C10H9FN2O. The van der Waals surface area contributed by atoms with Crippen molar-refractivity contribution >= 4 is 0 Å². The molecule has 14 heavy (non-hydrogen) atoms. The molecule has 0 atom stereocenters. The van der Waals surface area contributed by atoms with Crippen LogP contribution in [0.25, 0.3) is 11.3 Å². The summed E-state index contributed by atoms with van der Waals surface area (Å²) < 4.78 is 18.1. The van der Waals surface area contributed by atoms with Gasteiger partial charge in [-0.25, -0.2) is 4.39 Å². The van der Waals surface area contributed by atoms with Gasteiger partial charge in [0.05, 0.1) is 13.3 Å². The average molecular weight is 192 g/mol. The summed E-state index contributed by atoms with van der Waals surface area (Å²) in [4.78, 5) is 0. The number of aromatic amines is 1. The van der Waals surface area contributed by atoms with E-state index in [4.69, 9.17) is 4.74 Å². The molecular weight excluding hydrogens is 183 g/mol. The molecule has 1 aromatic carbocycles. The van der Waals surface area contributed by atoms with Gasteiger partial charge in [-0.3, -0.25) is 5.10 Å². The third kappa shape index (κ3) is 1.46. The fourth-order valence-corrected chi connectivity index (χ4v) is 1.23. The summed E-state index contributed by atoms with van der Waals surface area (Å²) in [5.74, 6) is 0.392. The Balaban J connectivity index is 2.39. The second-order valence-corrected chi connectivity index (χ2v) is 2.82. The Hall–Kier alpha value is -1.84. The van der Waals surface area contributed by atoms with Gasteiger partial charge in [-0.15, -0.1) is 0 Å². The Morgan fingerprint density at radius 2 is 2.00 bits per heavy atom. The maximum absolute atomic E-state index is 13.1. The first-order chi connectivity index (χ1) is 6.81. The largest absolute Gasteiger partial charge is 0.497 e. The molecule has 0 saturated heterocycles. The van der Waals surface area contributed by atoms with Crippen molar-refractivity contribution < 1.29 is 9.13 Å². The molecule has 3 nitrogen and oxygen atoms in total. The molecule has 0 bridgehead atoms.